The molecular formula is C18H28N2. The van der Waals surface area contributed by atoms with E-state index in [9.17, 15) is 0 Å². The highest BCUT2D eigenvalue weighted by Crippen LogP contribution is 2.49. The zero-order chi connectivity index (χ0) is 14.0. The van der Waals surface area contributed by atoms with Gasteiger partial charge >= 0.3 is 0 Å². The van der Waals surface area contributed by atoms with E-state index in [0.29, 0.717) is 11.5 Å². The molecule has 20 heavy (non-hydrogen) atoms. The van der Waals surface area contributed by atoms with Crippen LogP contribution in [0.5, 0.6) is 0 Å². The lowest BCUT2D eigenvalue weighted by Gasteiger charge is -2.42. The summed E-state index contributed by atoms with van der Waals surface area (Å²) in [7, 11) is 0. The molecule has 2 unspecified atom stereocenters. The zero-order valence-electron chi connectivity index (χ0n) is 12.9. The smallest absolute Gasteiger partial charge is 0.0449 e. The number of hydrogen-bond donors (Lipinski definition) is 1. The molecule has 2 atom stereocenters. The van der Waals surface area contributed by atoms with E-state index in [-0.39, 0.29) is 0 Å². The molecule has 1 aromatic rings. The number of nitrogens with one attached hydrogen (secondary N) is 1. The Morgan fingerprint density at radius 1 is 1.20 bits per heavy atom. The van der Waals surface area contributed by atoms with Gasteiger partial charge in [-0.2, -0.15) is 0 Å². The summed E-state index contributed by atoms with van der Waals surface area (Å²) in [6.45, 7) is 8.31. The predicted octanol–water partition coefficient (Wildman–Crippen LogP) is 3.60. The summed E-state index contributed by atoms with van der Waals surface area (Å²) in [6.07, 6.45) is 5.50. The maximum absolute atomic E-state index is 3.75. The lowest BCUT2D eigenvalue weighted by atomic mass is 9.96. The second-order valence-corrected chi connectivity index (χ2v) is 6.72. The number of nitrogens with zero attached hydrogens (tertiary/aromatic N) is 1. The molecule has 1 saturated carbocycles. The van der Waals surface area contributed by atoms with Gasteiger partial charge in [-0.25, -0.2) is 0 Å². The first-order chi connectivity index (χ1) is 9.76. The van der Waals surface area contributed by atoms with Crippen molar-refractivity contribution in [3.05, 3.63) is 35.9 Å². The summed E-state index contributed by atoms with van der Waals surface area (Å²) in [6, 6.07) is 12.2. The van der Waals surface area contributed by atoms with Gasteiger partial charge in [-0.3, -0.25) is 4.90 Å². The van der Waals surface area contributed by atoms with Gasteiger partial charge in [0.2, 0.25) is 0 Å². The highest BCUT2D eigenvalue weighted by molar-refractivity contribution is 5.20. The summed E-state index contributed by atoms with van der Waals surface area (Å²) in [5.41, 5.74) is 2.10. The summed E-state index contributed by atoms with van der Waals surface area (Å²) < 4.78 is 0. The standard InChI is InChI=1S/C18H28N2/c1-3-16-12-19-17(15-8-6-5-7-9-15)13-20(16)14-18(4-2)10-11-18/h5-9,16-17,19H,3-4,10-14H2,1-2H3. The van der Waals surface area contributed by atoms with Crippen LogP contribution in [0.15, 0.2) is 30.3 Å². The molecule has 2 fully saturated rings. The number of hydrogen-bond acceptors (Lipinski definition) is 2. The van der Waals surface area contributed by atoms with E-state index in [1.807, 2.05) is 0 Å². The average molecular weight is 272 g/mol. The van der Waals surface area contributed by atoms with E-state index in [1.165, 1.54) is 44.3 Å². The van der Waals surface area contributed by atoms with Crippen LogP contribution in [-0.2, 0) is 0 Å². The van der Waals surface area contributed by atoms with Crippen molar-refractivity contribution in [1.82, 2.24) is 10.2 Å². The van der Waals surface area contributed by atoms with Crippen LogP contribution in [0, 0.1) is 5.41 Å². The second kappa shape index (κ2) is 5.87. The fourth-order valence-electron chi connectivity index (χ4n) is 3.59. The number of benzene rings is 1. The van der Waals surface area contributed by atoms with Crippen molar-refractivity contribution in [3.63, 3.8) is 0 Å². The third kappa shape index (κ3) is 2.91. The van der Waals surface area contributed by atoms with E-state index in [1.54, 1.807) is 0 Å². The highest BCUT2D eigenvalue weighted by atomic mass is 15.2. The third-order valence-corrected chi connectivity index (χ3v) is 5.45. The van der Waals surface area contributed by atoms with Crippen LogP contribution in [0.4, 0.5) is 0 Å². The van der Waals surface area contributed by atoms with Crippen molar-refractivity contribution in [2.24, 2.45) is 5.41 Å². The first kappa shape index (κ1) is 14.1. The summed E-state index contributed by atoms with van der Waals surface area (Å²) in [4.78, 5) is 2.77. The lowest BCUT2D eigenvalue weighted by Crippen LogP contribution is -2.53. The Kier molecular flexibility index (Phi) is 4.13. The molecule has 1 aromatic carbocycles. The van der Waals surface area contributed by atoms with Crippen LogP contribution >= 0.6 is 0 Å². The molecule has 1 aliphatic carbocycles. The van der Waals surface area contributed by atoms with E-state index in [2.05, 4.69) is 54.4 Å². The predicted molar refractivity (Wildman–Crippen MR) is 84.8 cm³/mol. The molecule has 0 aromatic heterocycles. The van der Waals surface area contributed by atoms with Gasteiger partial charge in [-0.1, -0.05) is 44.2 Å². The van der Waals surface area contributed by atoms with Gasteiger partial charge in [-0.15, -0.1) is 0 Å². The van der Waals surface area contributed by atoms with Gasteiger partial charge in [0.1, 0.15) is 0 Å². The van der Waals surface area contributed by atoms with Crippen LogP contribution in [0.2, 0.25) is 0 Å². The Morgan fingerprint density at radius 3 is 2.55 bits per heavy atom. The van der Waals surface area contributed by atoms with Crippen LogP contribution in [0.25, 0.3) is 0 Å². The first-order valence-electron chi connectivity index (χ1n) is 8.29. The molecule has 0 spiro atoms. The van der Waals surface area contributed by atoms with Crippen molar-refractivity contribution in [2.45, 2.75) is 51.6 Å². The minimum absolute atomic E-state index is 0.506. The SMILES string of the molecule is CCC1CNC(c2ccccc2)CN1CC1(CC)CC1. The molecule has 0 bridgehead atoms. The molecular weight excluding hydrogens is 244 g/mol. The second-order valence-electron chi connectivity index (χ2n) is 6.72. The molecule has 2 heteroatoms. The van der Waals surface area contributed by atoms with Crippen molar-refractivity contribution >= 4 is 0 Å². The van der Waals surface area contributed by atoms with E-state index < -0.39 is 0 Å². The molecule has 2 nitrogen and oxygen atoms in total. The molecule has 1 aliphatic heterocycles. The third-order valence-electron chi connectivity index (χ3n) is 5.45. The van der Waals surface area contributed by atoms with Gasteiger partial charge < -0.3 is 5.32 Å². The molecule has 3 rings (SSSR count). The maximum atomic E-state index is 3.75. The zero-order valence-corrected chi connectivity index (χ0v) is 12.9. The minimum Gasteiger partial charge on any atom is -0.307 e. The Bertz CT molecular complexity index is 424. The quantitative estimate of drug-likeness (QED) is 0.881. The Hall–Kier alpha value is -0.860. The van der Waals surface area contributed by atoms with Gasteiger partial charge in [-0.05, 0) is 36.7 Å². The Labute approximate surface area is 123 Å². The molecule has 0 radical (unpaired) electrons. The summed E-state index contributed by atoms with van der Waals surface area (Å²) in [5, 5.41) is 3.75. The van der Waals surface area contributed by atoms with Crippen molar-refractivity contribution in [2.75, 3.05) is 19.6 Å². The fourth-order valence-corrected chi connectivity index (χ4v) is 3.59. The lowest BCUT2D eigenvalue weighted by molar-refractivity contribution is 0.0994. The van der Waals surface area contributed by atoms with Gasteiger partial charge in [0, 0.05) is 31.7 Å². The van der Waals surface area contributed by atoms with Gasteiger partial charge in [0.15, 0.2) is 0 Å². The van der Waals surface area contributed by atoms with Crippen LogP contribution < -0.4 is 5.32 Å². The van der Waals surface area contributed by atoms with Gasteiger partial charge in [0.05, 0.1) is 0 Å². The van der Waals surface area contributed by atoms with Gasteiger partial charge in [0.25, 0.3) is 0 Å². The van der Waals surface area contributed by atoms with Crippen molar-refractivity contribution in [3.8, 4) is 0 Å². The van der Waals surface area contributed by atoms with Crippen molar-refractivity contribution in [1.29, 1.82) is 0 Å². The van der Waals surface area contributed by atoms with E-state index in [4.69, 9.17) is 0 Å². The van der Waals surface area contributed by atoms with Crippen LogP contribution in [0.1, 0.15) is 51.1 Å². The molecule has 1 N–H and O–H groups in total. The minimum atomic E-state index is 0.506. The summed E-state index contributed by atoms with van der Waals surface area (Å²) in [5.74, 6) is 0. The Balaban J connectivity index is 1.69. The maximum Gasteiger partial charge on any atom is 0.0449 e. The number of rotatable bonds is 5. The molecule has 0 amide bonds. The molecule has 110 valence electrons. The largest absolute Gasteiger partial charge is 0.307 e. The summed E-state index contributed by atoms with van der Waals surface area (Å²) >= 11 is 0. The Morgan fingerprint density at radius 2 is 1.95 bits per heavy atom. The van der Waals surface area contributed by atoms with E-state index in [0.717, 1.165) is 12.6 Å². The van der Waals surface area contributed by atoms with Crippen LogP contribution in [0.3, 0.4) is 0 Å². The monoisotopic (exact) mass is 272 g/mol. The first-order valence-corrected chi connectivity index (χ1v) is 8.29. The molecule has 1 saturated heterocycles. The number of piperazine rings is 1. The van der Waals surface area contributed by atoms with E-state index >= 15 is 0 Å². The highest BCUT2D eigenvalue weighted by Gasteiger charge is 2.43. The van der Waals surface area contributed by atoms with Crippen LogP contribution in [-0.4, -0.2) is 30.6 Å². The molecule has 2 aliphatic rings. The van der Waals surface area contributed by atoms with Crippen molar-refractivity contribution < 1.29 is 0 Å². The average Bonchev–Trinajstić information content (AvgIpc) is 3.28. The fraction of sp³-hybridized carbons (Fsp3) is 0.667. The normalized spacial score (nSPS) is 29.3. The molecule has 1 heterocycles. The topological polar surface area (TPSA) is 15.3 Å².